The van der Waals surface area contributed by atoms with Gasteiger partial charge in [-0.1, -0.05) is 62.4 Å². The molecule has 2 N–H and O–H groups in total. The van der Waals surface area contributed by atoms with E-state index in [2.05, 4.69) is 0 Å². The molecule has 1 saturated carbocycles. The quantitative estimate of drug-likeness (QED) is 0.786. The van der Waals surface area contributed by atoms with Crippen molar-refractivity contribution >= 4 is 11.9 Å². The lowest BCUT2D eigenvalue weighted by Crippen LogP contribution is -2.17. The standard InChI is InChI=1S/C18H22O4/c19-17(20)15(11-13-7-3-1-4-8-13)16(18(21)22)12-14-9-5-2-6-10-14/h1,3-4,7-8,14H,2,5-6,9-12H2,(H,19,20)(H,21,22)/b16-15+. The average molecular weight is 302 g/mol. The van der Waals surface area contributed by atoms with Gasteiger partial charge in [0.25, 0.3) is 0 Å². The number of carboxylic acid groups (broad SMARTS) is 2. The van der Waals surface area contributed by atoms with Crippen LogP contribution in [-0.4, -0.2) is 22.2 Å². The predicted octanol–water partition coefficient (Wildman–Crippen LogP) is 3.67. The maximum absolute atomic E-state index is 11.6. The van der Waals surface area contributed by atoms with E-state index in [1.165, 1.54) is 6.42 Å². The molecule has 0 radical (unpaired) electrons. The van der Waals surface area contributed by atoms with Crippen LogP contribution in [0.1, 0.15) is 44.1 Å². The number of hydrogen-bond acceptors (Lipinski definition) is 2. The highest BCUT2D eigenvalue weighted by Crippen LogP contribution is 2.30. The number of benzene rings is 1. The topological polar surface area (TPSA) is 74.6 Å². The molecule has 0 spiro atoms. The van der Waals surface area contributed by atoms with Crippen LogP contribution in [0.25, 0.3) is 0 Å². The molecule has 0 unspecified atom stereocenters. The Morgan fingerprint density at radius 2 is 1.50 bits per heavy atom. The normalized spacial score (nSPS) is 16.9. The predicted molar refractivity (Wildman–Crippen MR) is 83.6 cm³/mol. The SMILES string of the molecule is O=C(O)/C(Cc1ccccc1)=C(\CC1CCCCC1)C(=O)O. The summed E-state index contributed by atoms with van der Waals surface area (Å²) in [5.41, 5.74) is 0.912. The van der Waals surface area contributed by atoms with Crippen molar-refractivity contribution in [1.82, 2.24) is 0 Å². The Hall–Kier alpha value is -2.10. The summed E-state index contributed by atoms with van der Waals surface area (Å²) in [5.74, 6) is -1.93. The summed E-state index contributed by atoms with van der Waals surface area (Å²) < 4.78 is 0. The summed E-state index contributed by atoms with van der Waals surface area (Å²) >= 11 is 0. The van der Waals surface area contributed by atoms with Crippen LogP contribution < -0.4 is 0 Å². The molecule has 0 saturated heterocycles. The zero-order chi connectivity index (χ0) is 15.9. The van der Waals surface area contributed by atoms with Crippen LogP contribution in [0.3, 0.4) is 0 Å². The largest absolute Gasteiger partial charge is 0.478 e. The van der Waals surface area contributed by atoms with Crippen LogP contribution in [0.4, 0.5) is 0 Å². The van der Waals surface area contributed by atoms with Crippen LogP contribution in [0.5, 0.6) is 0 Å². The van der Waals surface area contributed by atoms with Crippen LogP contribution in [0.2, 0.25) is 0 Å². The van der Waals surface area contributed by atoms with Gasteiger partial charge in [-0.2, -0.15) is 0 Å². The lowest BCUT2D eigenvalue weighted by atomic mass is 9.83. The highest BCUT2D eigenvalue weighted by Gasteiger charge is 2.24. The zero-order valence-electron chi connectivity index (χ0n) is 12.6. The molecule has 1 aliphatic rings. The smallest absolute Gasteiger partial charge is 0.332 e. The van der Waals surface area contributed by atoms with Gasteiger partial charge in [-0.3, -0.25) is 0 Å². The van der Waals surface area contributed by atoms with Gasteiger partial charge in [0.05, 0.1) is 5.57 Å². The number of hydrogen-bond donors (Lipinski definition) is 2. The molecule has 1 aliphatic carbocycles. The van der Waals surface area contributed by atoms with Gasteiger partial charge in [0.15, 0.2) is 0 Å². The van der Waals surface area contributed by atoms with E-state index in [4.69, 9.17) is 0 Å². The molecule has 0 aliphatic heterocycles. The van der Waals surface area contributed by atoms with E-state index >= 15 is 0 Å². The van der Waals surface area contributed by atoms with Crippen molar-refractivity contribution < 1.29 is 19.8 Å². The second kappa shape index (κ2) is 7.78. The van der Waals surface area contributed by atoms with Crippen molar-refractivity contribution in [2.75, 3.05) is 0 Å². The minimum Gasteiger partial charge on any atom is -0.478 e. The van der Waals surface area contributed by atoms with E-state index in [0.717, 1.165) is 31.2 Å². The molecule has 2 rings (SSSR count). The first kappa shape index (κ1) is 16.3. The molecule has 0 atom stereocenters. The van der Waals surface area contributed by atoms with Crippen molar-refractivity contribution in [1.29, 1.82) is 0 Å². The van der Waals surface area contributed by atoms with Crippen molar-refractivity contribution in [3.05, 3.63) is 47.0 Å². The van der Waals surface area contributed by atoms with Crippen LogP contribution in [0.15, 0.2) is 41.5 Å². The summed E-state index contributed by atoms with van der Waals surface area (Å²) in [7, 11) is 0. The zero-order valence-corrected chi connectivity index (χ0v) is 12.6. The van der Waals surface area contributed by atoms with Gasteiger partial charge in [0.1, 0.15) is 0 Å². The molecule has 118 valence electrons. The summed E-state index contributed by atoms with van der Waals surface area (Å²) in [4.78, 5) is 23.2. The van der Waals surface area contributed by atoms with E-state index in [9.17, 15) is 19.8 Å². The minimum atomic E-state index is -1.13. The number of aliphatic carboxylic acids is 2. The second-order valence-corrected chi connectivity index (χ2v) is 5.94. The van der Waals surface area contributed by atoms with Crippen molar-refractivity contribution in [3.63, 3.8) is 0 Å². The maximum Gasteiger partial charge on any atom is 0.332 e. The highest BCUT2D eigenvalue weighted by atomic mass is 16.4. The second-order valence-electron chi connectivity index (χ2n) is 5.94. The van der Waals surface area contributed by atoms with Gasteiger partial charge in [0.2, 0.25) is 0 Å². The Kier molecular flexibility index (Phi) is 5.75. The molecule has 0 aromatic heterocycles. The monoisotopic (exact) mass is 302 g/mol. The fourth-order valence-corrected chi connectivity index (χ4v) is 3.13. The third-order valence-corrected chi connectivity index (χ3v) is 4.32. The molecule has 1 aromatic rings. The number of rotatable bonds is 6. The van der Waals surface area contributed by atoms with Crippen LogP contribution in [-0.2, 0) is 16.0 Å². The Balaban J connectivity index is 2.26. The fraction of sp³-hybridized carbons (Fsp3) is 0.444. The molecule has 4 heteroatoms. The Bertz CT molecular complexity index is 554. The lowest BCUT2D eigenvalue weighted by Gasteiger charge is -2.22. The molecule has 4 nitrogen and oxygen atoms in total. The van der Waals surface area contributed by atoms with Gasteiger partial charge >= 0.3 is 11.9 Å². The maximum atomic E-state index is 11.6. The fourth-order valence-electron chi connectivity index (χ4n) is 3.13. The Morgan fingerprint density at radius 1 is 0.909 bits per heavy atom. The van der Waals surface area contributed by atoms with Gasteiger partial charge < -0.3 is 10.2 Å². The Labute approximate surface area is 130 Å². The van der Waals surface area contributed by atoms with Gasteiger partial charge in [-0.05, 0) is 17.9 Å². The van der Waals surface area contributed by atoms with Gasteiger partial charge in [0, 0.05) is 12.0 Å². The molecule has 0 bridgehead atoms. The van der Waals surface area contributed by atoms with Crippen LogP contribution in [0, 0.1) is 5.92 Å². The molecule has 1 aromatic carbocycles. The van der Waals surface area contributed by atoms with Crippen molar-refractivity contribution in [3.8, 4) is 0 Å². The highest BCUT2D eigenvalue weighted by molar-refractivity contribution is 5.99. The molecular weight excluding hydrogens is 280 g/mol. The summed E-state index contributed by atoms with van der Waals surface area (Å²) in [6, 6.07) is 9.16. The molecule has 0 heterocycles. The summed E-state index contributed by atoms with van der Waals surface area (Å²) in [6.07, 6.45) is 5.92. The lowest BCUT2D eigenvalue weighted by molar-refractivity contribution is -0.136. The van der Waals surface area contributed by atoms with Crippen molar-refractivity contribution in [2.24, 2.45) is 5.92 Å². The van der Waals surface area contributed by atoms with E-state index < -0.39 is 11.9 Å². The van der Waals surface area contributed by atoms with Gasteiger partial charge in [-0.25, -0.2) is 9.59 Å². The number of carbonyl (C=O) groups is 2. The molecule has 22 heavy (non-hydrogen) atoms. The van der Waals surface area contributed by atoms with E-state index in [1.54, 1.807) is 0 Å². The van der Waals surface area contributed by atoms with E-state index in [1.807, 2.05) is 30.3 Å². The Morgan fingerprint density at radius 3 is 2.05 bits per heavy atom. The first-order chi connectivity index (χ1) is 10.6. The molecular formula is C18H22O4. The average Bonchev–Trinajstić information content (AvgIpc) is 2.52. The van der Waals surface area contributed by atoms with Gasteiger partial charge in [-0.15, -0.1) is 0 Å². The first-order valence-electron chi connectivity index (χ1n) is 7.80. The molecule has 1 fully saturated rings. The third kappa shape index (κ3) is 4.45. The number of carboxylic acids is 2. The van der Waals surface area contributed by atoms with E-state index in [0.29, 0.717) is 12.3 Å². The van der Waals surface area contributed by atoms with Crippen molar-refractivity contribution in [2.45, 2.75) is 44.9 Å². The summed E-state index contributed by atoms with van der Waals surface area (Å²) in [6.45, 7) is 0. The van der Waals surface area contributed by atoms with E-state index in [-0.39, 0.29) is 17.6 Å². The minimum absolute atomic E-state index is 0.0178. The molecule has 0 amide bonds. The third-order valence-electron chi connectivity index (χ3n) is 4.32. The first-order valence-corrected chi connectivity index (χ1v) is 7.80. The van der Waals surface area contributed by atoms with Crippen LogP contribution >= 0.6 is 0 Å². The summed E-state index contributed by atoms with van der Waals surface area (Å²) in [5, 5.41) is 18.9.